The molecule has 0 saturated heterocycles. The van der Waals surface area contributed by atoms with Crippen LogP contribution in [-0.2, 0) is 10.9 Å². The second-order valence-corrected chi connectivity index (χ2v) is 7.30. The van der Waals surface area contributed by atoms with Crippen LogP contribution in [0, 0.1) is 13.8 Å². The molecule has 0 amide bonds. The van der Waals surface area contributed by atoms with Crippen molar-refractivity contribution in [2.45, 2.75) is 30.6 Å². The Kier molecular flexibility index (Phi) is 5.85. The van der Waals surface area contributed by atoms with Gasteiger partial charge in [0.05, 0.1) is 10.9 Å². The van der Waals surface area contributed by atoms with Gasteiger partial charge in [-0.05, 0) is 51.1 Å². The highest BCUT2D eigenvalue weighted by atomic mass is 32.2. The Morgan fingerprint density at radius 1 is 0.864 bits per heavy atom. The standard InChI is InChI=1S/C21H23S/c1-5-17(2)7-6-16-22(20-12-8-18(3)9-13-20)21-14-10-19(4)11-15-21/h5-16H,1H2,2-4H3/q+1/b16-6+,17-7-. The van der Waals surface area contributed by atoms with Gasteiger partial charge in [0.2, 0.25) is 0 Å². The molecule has 2 aromatic carbocycles. The monoisotopic (exact) mass is 307 g/mol. The zero-order chi connectivity index (χ0) is 15.9. The van der Waals surface area contributed by atoms with Gasteiger partial charge in [-0.3, -0.25) is 0 Å². The summed E-state index contributed by atoms with van der Waals surface area (Å²) < 4.78 is 0. The molecule has 0 aromatic heterocycles. The Morgan fingerprint density at radius 3 is 1.73 bits per heavy atom. The topological polar surface area (TPSA) is 0 Å². The number of aryl methyl sites for hydroxylation is 2. The summed E-state index contributed by atoms with van der Waals surface area (Å²) in [6, 6.07) is 17.6. The second kappa shape index (κ2) is 7.86. The predicted molar refractivity (Wildman–Crippen MR) is 99.3 cm³/mol. The third-order valence-electron chi connectivity index (χ3n) is 3.45. The van der Waals surface area contributed by atoms with Gasteiger partial charge in [0.15, 0.2) is 9.79 Å². The van der Waals surface area contributed by atoms with Crippen molar-refractivity contribution in [3.8, 4) is 0 Å². The average Bonchev–Trinajstić information content (AvgIpc) is 2.53. The molecule has 0 aliphatic heterocycles. The van der Waals surface area contributed by atoms with E-state index in [1.165, 1.54) is 26.5 Å². The Bertz CT molecular complexity index is 627. The third-order valence-corrected chi connectivity index (χ3v) is 5.43. The molecule has 1 heteroatoms. The van der Waals surface area contributed by atoms with Crippen molar-refractivity contribution in [3.05, 3.63) is 95.4 Å². The Hall–Kier alpha value is -1.99. The van der Waals surface area contributed by atoms with Crippen LogP contribution in [0.15, 0.2) is 94.1 Å². The molecule has 2 aromatic rings. The van der Waals surface area contributed by atoms with Crippen molar-refractivity contribution in [2.24, 2.45) is 0 Å². The SMILES string of the molecule is C=C/C(C)=C\C=C\[S+](c1ccc(C)cc1)c1ccc(C)cc1. The summed E-state index contributed by atoms with van der Waals surface area (Å²) in [7, 11) is -0.0456. The first-order valence-corrected chi connectivity index (χ1v) is 8.73. The smallest absolute Gasteiger partial charge is 0.0988 e. The lowest BCUT2D eigenvalue weighted by molar-refractivity contribution is 1.33. The normalized spacial score (nSPS) is 12.1. The molecule has 0 bridgehead atoms. The largest absolute Gasteiger partial charge is 0.165 e. The maximum atomic E-state index is 3.79. The number of hydrogen-bond donors (Lipinski definition) is 0. The number of benzene rings is 2. The van der Waals surface area contributed by atoms with Crippen LogP contribution in [0.3, 0.4) is 0 Å². The molecule has 0 aliphatic carbocycles. The number of rotatable bonds is 5. The molecule has 2 rings (SSSR count). The van der Waals surface area contributed by atoms with Gasteiger partial charge < -0.3 is 0 Å². The van der Waals surface area contributed by atoms with E-state index in [-0.39, 0.29) is 10.9 Å². The maximum absolute atomic E-state index is 3.79. The summed E-state index contributed by atoms with van der Waals surface area (Å²) in [5.74, 6) is 0. The van der Waals surface area contributed by atoms with Crippen LogP contribution < -0.4 is 0 Å². The lowest BCUT2D eigenvalue weighted by atomic mass is 10.2. The zero-order valence-corrected chi connectivity index (χ0v) is 14.4. The Balaban J connectivity index is 2.37. The van der Waals surface area contributed by atoms with Crippen LogP contribution in [0.1, 0.15) is 18.1 Å². The van der Waals surface area contributed by atoms with E-state index in [0.29, 0.717) is 0 Å². The molecular weight excluding hydrogens is 284 g/mol. The maximum Gasteiger partial charge on any atom is 0.165 e. The minimum atomic E-state index is -0.0456. The average molecular weight is 307 g/mol. The summed E-state index contributed by atoms with van der Waals surface area (Å²) in [5, 5.41) is 2.28. The minimum Gasteiger partial charge on any atom is -0.0988 e. The number of allylic oxidation sites excluding steroid dienone is 4. The first kappa shape index (κ1) is 16.4. The van der Waals surface area contributed by atoms with Gasteiger partial charge in [0, 0.05) is 0 Å². The molecule has 0 aliphatic rings. The van der Waals surface area contributed by atoms with Crippen LogP contribution in [-0.4, -0.2) is 0 Å². The highest BCUT2D eigenvalue weighted by Gasteiger charge is 2.21. The van der Waals surface area contributed by atoms with Gasteiger partial charge in [-0.25, -0.2) is 0 Å². The zero-order valence-electron chi connectivity index (χ0n) is 13.5. The van der Waals surface area contributed by atoms with Crippen LogP contribution >= 0.6 is 0 Å². The van der Waals surface area contributed by atoms with Crippen molar-refractivity contribution in [2.75, 3.05) is 0 Å². The van der Waals surface area contributed by atoms with Crippen molar-refractivity contribution < 1.29 is 0 Å². The first-order chi connectivity index (χ1) is 10.6. The fourth-order valence-corrected chi connectivity index (χ4v) is 3.68. The third kappa shape index (κ3) is 4.51. The van der Waals surface area contributed by atoms with E-state index in [2.05, 4.69) is 93.4 Å². The molecule has 0 saturated carbocycles. The second-order valence-electron chi connectivity index (χ2n) is 5.41. The van der Waals surface area contributed by atoms with E-state index in [0.717, 1.165) is 0 Å². The molecule has 0 N–H and O–H groups in total. The summed E-state index contributed by atoms with van der Waals surface area (Å²) >= 11 is 0. The van der Waals surface area contributed by atoms with E-state index in [1.54, 1.807) is 0 Å². The molecule has 0 atom stereocenters. The molecule has 0 spiro atoms. The summed E-state index contributed by atoms with van der Waals surface area (Å²) in [6.07, 6.45) is 6.12. The van der Waals surface area contributed by atoms with Gasteiger partial charge >= 0.3 is 0 Å². The quantitative estimate of drug-likeness (QED) is 0.470. The number of hydrogen-bond acceptors (Lipinski definition) is 0. The van der Waals surface area contributed by atoms with Gasteiger partial charge in [-0.2, -0.15) is 0 Å². The van der Waals surface area contributed by atoms with Gasteiger partial charge in [-0.1, -0.05) is 59.7 Å². The van der Waals surface area contributed by atoms with Gasteiger partial charge in [-0.15, -0.1) is 0 Å². The van der Waals surface area contributed by atoms with Crippen molar-refractivity contribution in [1.29, 1.82) is 0 Å². The summed E-state index contributed by atoms with van der Waals surface area (Å²) in [5.41, 5.74) is 3.76. The highest BCUT2D eigenvalue weighted by Crippen LogP contribution is 2.25. The van der Waals surface area contributed by atoms with E-state index in [9.17, 15) is 0 Å². The van der Waals surface area contributed by atoms with Crippen molar-refractivity contribution in [3.63, 3.8) is 0 Å². The molecule has 0 fully saturated rings. The van der Waals surface area contributed by atoms with Gasteiger partial charge in [0.1, 0.15) is 5.41 Å². The Morgan fingerprint density at radius 2 is 1.32 bits per heavy atom. The summed E-state index contributed by atoms with van der Waals surface area (Å²) in [4.78, 5) is 2.69. The molecule has 0 nitrogen and oxygen atoms in total. The molecule has 0 radical (unpaired) electrons. The van der Waals surface area contributed by atoms with E-state index < -0.39 is 0 Å². The Labute approximate surface area is 137 Å². The van der Waals surface area contributed by atoms with E-state index >= 15 is 0 Å². The molecule has 22 heavy (non-hydrogen) atoms. The van der Waals surface area contributed by atoms with Crippen LogP contribution in [0.25, 0.3) is 0 Å². The lowest BCUT2D eigenvalue weighted by Crippen LogP contribution is -1.99. The fourth-order valence-electron chi connectivity index (χ4n) is 2.00. The van der Waals surface area contributed by atoms with Crippen LogP contribution in [0.5, 0.6) is 0 Å². The van der Waals surface area contributed by atoms with Crippen molar-refractivity contribution in [1.82, 2.24) is 0 Å². The molecule has 0 heterocycles. The van der Waals surface area contributed by atoms with Crippen LogP contribution in [0.4, 0.5) is 0 Å². The predicted octanol–water partition coefficient (Wildman–Crippen LogP) is 5.99. The van der Waals surface area contributed by atoms with E-state index in [4.69, 9.17) is 0 Å². The van der Waals surface area contributed by atoms with Gasteiger partial charge in [0.25, 0.3) is 0 Å². The molecule has 112 valence electrons. The fraction of sp³-hybridized carbons (Fsp3) is 0.143. The summed E-state index contributed by atoms with van der Waals surface area (Å²) in [6.45, 7) is 10.1. The molecule has 0 unspecified atom stereocenters. The molecular formula is C21H23S+. The van der Waals surface area contributed by atoms with Crippen molar-refractivity contribution >= 4 is 10.9 Å². The minimum absolute atomic E-state index is 0.0456. The van der Waals surface area contributed by atoms with Crippen LogP contribution in [0.2, 0.25) is 0 Å². The van der Waals surface area contributed by atoms with E-state index in [1.807, 2.05) is 6.08 Å². The highest BCUT2D eigenvalue weighted by molar-refractivity contribution is 7.99. The lowest BCUT2D eigenvalue weighted by Gasteiger charge is -2.04. The first-order valence-electron chi connectivity index (χ1n) is 7.44.